The van der Waals surface area contributed by atoms with Gasteiger partial charge in [-0.1, -0.05) is 0 Å². The van der Waals surface area contributed by atoms with E-state index in [1.165, 1.54) is 0 Å². The summed E-state index contributed by atoms with van der Waals surface area (Å²) in [5.74, 6) is 0.499. The zero-order valence-corrected chi connectivity index (χ0v) is 13.9. The van der Waals surface area contributed by atoms with Crippen molar-refractivity contribution in [3.63, 3.8) is 0 Å². The Morgan fingerprint density at radius 3 is 2.32 bits per heavy atom. The largest absolute Gasteiger partial charge is 0.351 e. The SMILES string of the molecule is CCOC(CNc1nc(Cl)nc(NC(C)(C)C#N)n1)OCC. The minimum atomic E-state index is -0.818. The van der Waals surface area contributed by atoms with Gasteiger partial charge in [0.25, 0.3) is 0 Å². The van der Waals surface area contributed by atoms with Crippen molar-refractivity contribution in [3.05, 3.63) is 5.28 Å². The molecule has 0 bridgehead atoms. The van der Waals surface area contributed by atoms with E-state index in [0.29, 0.717) is 19.8 Å². The van der Waals surface area contributed by atoms with Crippen LogP contribution in [0.1, 0.15) is 27.7 Å². The Morgan fingerprint density at radius 2 is 1.77 bits per heavy atom. The van der Waals surface area contributed by atoms with Crippen LogP contribution in [0.4, 0.5) is 11.9 Å². The van der Waals surface area contributed by atoms with E-state index in [-0.39, 0.29) is 17.2 Å². The molecule has 0 aliphatic carbocycles. The molecule has 0 amide bonds. The number of hydrogen-bond acceptors (Lipinski definition) is 8. The second-order valence-corrected chi connectivity index (χ2v) is 5.17. The number of nitrogens with one attached hydrogen (secondary N) is 2. The number of rotatable bonds is 9. The number of halogens is 1. The lowest BCUT2D eigenvalue weighted by atomic mass is 10.1. The summed E-state index contributed by atoms with van der Waals surface area (Å²) in [5, 5.41) is 14.9. The highest BCUT2D eigenvalue weighted by Gasteiger charge is 2.18. The minimum absolute atomic E-state index is 0.0260. The highest BCUT2D eigenvalue weighted by atomic mass is 35.5. The van der Waals surface area contributed by atoms with Crippen molar-refractivity contribution in [2.24, 2.45) is 0 Å². The van der Waals surface area contributed by atoms with E-state index in [0.717, 1.165) is 0 Å². The Bertz CT molecular complexity index is 514. The standard InChI is InChI=1S/C13H21ClN6O2/c1-5-21-9(22-6-2)7-16-11-17-10(14)18-12(19-11)20-13(3,4)8-15/h9H,5-7H2,1-4H3,(H2,16,17,18,19,20). The van der Waals surface area contributed by atoms with Gasteiger partial charge in [-0.25, -0.2) is 0 Å². The number of aromatic nitrogens is 3. The average Bonchev–Trinajstić information content (AvgIpc) is 2.44. The summed E-state index contributed by atoms with van der Waals surface area (Å²) < 4.78 is 10.8. The molecule has 2 N–H and O–H groups in total. The summed E-state index contributed by atoms with van der Waals surface area (Å²) in [4.78, 5) is 12.1. The molecule has 0 aromatic carbocycles. The van der Waals surface area contributed by atoms with Gasteiger partial charge in [0.2, 0.25) is 17.2 Å². The molecule has 9 heteroatoms. The van der Waals surface area contributed by atoms with Gasteiger partial charge in [0.15, 0.2) is 6.29 Å². The zero-order valence-electron chi connectivity index (χ0n) is 13.2. The van der Waals surface area contributed by atoms with Gasteiger partial charge in [-0.3, -0.25) is 0 Å². The molecule has 0 aliphatic rings. The minimum Gasteiger partial charge on any atom is -0.351 e. The lowest BCUT2D eigenvalue weighted by Gasteiger charge is -2.19. The van der Waals surface area contributed by atoms with Crippen LogP contribution in [-0.4, -0.2) is 46.5 Å². The topological polar surface area (TPSA) is 105 Å². The highest BCUT2D eigenvalue weighted by molar-refractivity contribution is 6.28. The summed E-state index contributed by atoms with van der Waals surface area (Å²) >= 11 is 5.87. The van der Waals surface area contributed by atoms with Gasteiger partial charge in [-0.2, -0.15) is 20.2 Å². The third-order valence-corrected chi connectivity index (χ3v) is 2.61. The summed E-state index contributed by atoms with van der Waals surface area (Å²) in [6.07, 6.45) is -0.405. The first-order valence-corrected chi connectivity index (χ1v) is 7.36. The third kappa shape index (κ3) is 6.39. The molecule has 0 saturated heterocycles. The molecule has 1 rings (SSSR count). The number of anilines is 2. The number of ether oxygens (including phenoxy) is 2. The van der Waals surface area contributed by atoms with Crippen molar-refractivity contribution < 1.29 is 9.47 Å². The summed E-state index contributed by atoms with van der Waals surface area (Å²) in [6.45, 7) is 8.62. The molecule has 0 spiro atoms. The van der Waals surface area contributed by atoms with Crippen molar-refractivity contribution in [1.82, 2.24) is 15.0 Å². The summed E-state index contributed by atoms with van der Waals surface area (Å²) in [7, 11) is 0. The van der Waals surface area contributed by atoms with Gasteiger partial charge in [-0.05, 0) is 39.3 Å². The van der Waals surface area contributed by atoms with Gasteiger partial charge < -0.3 is 20.1 Å². The monoisotopic (exact) mass is 328 g/mol. The predicted molar refractivity (Wildman–Crippen MR) is 83.7 cm³/mol. The average molecular weight is 329 g/mol. The lowest BCUT2D eigenvalue weighted by Crippen LogP contribution is -2.30. The molecule has 0 radical (unpaired) electrons. The lowest BCUT2D eigenvalue weighted by molar-refractivity contribution is -0.126. The molecule has 1 aromatic heterocycles. The van der Waals surface area contributed by atoms with Crippen LogP contribution >= 0.6 is 11.6 Å². The van der Waals surface area contributed by atoms with Gasteiger partial charge in [0, 0.05) is 13.2 Å². The Morgan fingerprint density at radius 1 is 1.18 bits per heavy atom. The Kier molecular flexibility index (Phi) is 7.24. The molecular formula is C13H21ClN6O2. The first-order chi connectivity index (χ1) is 10.4. The fraction of sp³-hybridized carbons (Fsp3) is 0.692. The van der Waals surface area contributed by atoms with Gasteiger partial charge in [0.05, 0.1) is 12.6 Å². The van der Waals surface area contributed by atoms with Gasteiger partial charge in [-0.15, -0.1) is 0 Å². The van der Waals surface area contributed by atoms with Crippen molar-refractivity contribution >= 4 is 23.5 Å². The predicted octanol–water partition coefficient (Wildman–Crippen LogP) is 2.05. The van der Waals surface area contributed by atoms with Crippen LogP contribution in [0, 0.1) is 11.3 Å². The molecular weight excluding hydrogens is 308 g/mol. The van der Waals surface area contributed by atoms with E-state index in [1.807, 2.05) is 13.8 Å². The van der Waals surface area contributed by atoms with Crippen molar-refractivity contribution in [3.8, 4) is 6.07 Å². The third-order valence-electron chi connectivity index (χ3n) is 2.44. The van der Waals surface area contributed by atoms with Crippen molar-refractivity contribution in [1.29, 1.82) is 5.26 Å². The molecule has 0 unspecified atom stereocenters. The summed E-state index contributed by atoms with van der Waals surface area (Å²) in [6, 6.07) is 2.10. The van der Waals surface area contributed by atoms with Crippen LogP contribution in [0.25, 0.3) is 0 Å². The molecule has 1 aromatic rings. The van der Waals surface area contributed by atoms with Crippen LogP contribution in [-0.2, 0) is 9.47 Å². The van der Waals surface area contributed by atoms with Crippen molar-refractivity contribution in [2.45, 2.75) is 39.5 Å². The molecule has 1 heterocycles. The molecule has 0 atom stereocenters. The Hall–Kier alpha value is -1.69. The maximum absolute atomic E-state index is 9.02. The van der Waals surface area contributed by atoms with E-state index in [2.05, 4.69) is 31.7 Å². The molecule has 22 heavy (non-hydrogen) atoms. The first kappa shape index (κ1) is 18.4. The Balaban J connectivity index is 2.75. The molecule has 122 valence electrons. The smallest absolute Gasteiger partial charge is 0.230 e. The van der Waals surface area contributed by atoms with Crippen molar-refractivity contribution in [2.75, 3.05) is 30.4 Å². The quantitative estimate of drug-likeness (QED) is 0.663. The number of hydrogen-bond donors (Lipinski definition) is 2. The Labute approximate surface area is 135 Å². The maximum Gasteiger partial charge on any atom is 0.230 e. The fourth-order valence-electron chi connectivity index (χ4n) is 1.50. The molecule has 0 aliphatic heterocycles. The zero-order chi connectivity index (χ0) is 16.6. The normalized spacial score (nSPS) is 11.3. The fourth-order valence-corrected chi connectivity index (χ4v) is 1.66. The second kappa shape index (κ2) is 8.68. The maximum atomic E-state index is 9.02. The van der Waals surface area contributed by atoms with E-state index < -0.39 is 11.8 Å². The summed E-state index contributed by atoms with van der Waals surface area (Å²) in [5.41, 5.74) is -0.818. The highest BCUT2D eigenvalue weighted by Crippen LogP contribution is 2.14. The molecule has 0 fully saturated rings. The van der Waals surface area contributed by atoms with Crippen LogP contribution < -0.4 is 10.6 Å². The number of nitrogens with zero attached hydrogens (tertiary/aromatic N) is 4. The second-order valence-electron chi connectivity index (χ2n) is 4.83. The van der Waals surface area contributed by atoms with Crippen LogP contribution in [0.2, 0.25) is 5.28 Å². The van der Waals surface area contributed by atoms with E-state index in [9.17, 15) is 0 Å². The first-order valence-electron chi connectivity index (χ1n) is 6.98. The van der Waals surface area contributed by atoms with E-state index in [4.69, 9.17) is 26.3 Å². The van der Waals surface area contributed by atoms with Gasteiger partial charge in [0.1, 0.15) is 5.54 Å². The van der Waals surface area contributed by atoms with E-state index >= 15 is 0 Å². The van der Waals surface area contributed by atoms with Gasteiger partial charge >= 0.3 is 0 Å². The van der Waals surface area contributed by atoms with Crippen LogP contribution in [0.3, 0.4) is 0 Å². The number of nitriles is 1. The van der Waals surface area contributed by atoms with Crippen LogP contribution in [0.15, 0.2) is 0 Å². The molecule has 8 nitrogen and oxygen atoms in total. The molecule has 0 saturated carbocycles. The van der Waals surface area contributed by atoms with Crippen LogP contribution in [0.5, 0.6) is 0 Å². The van der Waals surface area contributed by atoms with E-state index in [1.54, 1.807) is 13.8 Å².